The van der Waals surface area contributed by atoms with Crippen LogP contribution in [0.3, 0.4) is 0 Å². The van der Waals surface area contributed by atoms with Crippen LogP contribution in [0.5, 0.6) is 0 Å². The lowest BCUT2D eigenvalue weighted by molar-refractivity contribution is -0.135. The lowest BCUT2D eigenvalue weighted by atomic mass is 9.91. The van der Waals surface area contributed by atoms with Gasteiger partial charge >= 0.3 is 0 Å². The summed E-state index contributed by atoms with van der Waals surface area (Å²) in [4.78, 5) is 17.1. The molecule has 1 atom stereocenters. The fourth-order valence-corrected chi connectivity index (χ4v) is 3.95. The summed E-state index contributed by atoms with van der Waals surface area (Å²) in [7, 11) is 0. The number of hydrogen-bond donors (Lipinski definition) is 0. The van der Waals surface area contributed by atoms with Gasteiger partial charge in [-0.15, -0.1) is 0 Å². The lowest BCUT2D eigenvalue weighted by Crippen LogP contribution is -2.50. The van der Waals surface area contributed by atoms with Crippen molar-refractivity contribution in [3.63, 3.8) is 0 Å². The van der Waals surface area contributed by atoms with Crippen LogP contribution in [-0.2, 0) is 4.79 Å². The maximum Gasteiger partial charge on any atom is 0.223 e. The summed E-state index contributed by atoms with van der Waals surface area (Å²) in [5.74, 6) is 0.280. The van der Waals surface area contributed by atoms with E-state index >= 15 is 0 Å². The van der Waals surface area contributed by atoms with Crippen molar-refractivity contribution in [2.75, 3.05) is 26.2 Å². The quantitative estimate of drug-likeness (QED) is 0.674. The van der Waals surface area contributed by atoms with Crippen LogP contribution in [-0.4, -0.2) is 41.9 Å². The first-order chi connectivity index (χ1) is 12.8. The van der Waals surface area contributed by atoms with Gasteiger partial charge in [-0.1, -0.05) is 79.2 Å². The van der Waals surface area contributed by atoms with Crippen molar-refractivity contribution < 1.29 is 4.79 Å². The molecule has 0 aromatic heterocycles. The summed E-state index contributed by atoms with van der Waals surface area (Å²) < 4.78 is 1.09. The largest absolute Gasteiger partial charge is 0.340 e. The monoisotopic (exact) mass is 428 g/mol. The Kier molecular flexibility index (Phi) is 6.38. The molecule has 0 radical (unpaired) electrons. The topological polar surface area (TPSA) is 23.6 Å². The van der Waals surface area contributed by atoms with Gasteiger partial charge in [0.1, 0.15) is 0 Å². The van der Waals surface area contributed by atoms with E-state index in [1.165, 1.54) is 11.1 Å². The maximum absolute atomic E-state index is 12.6. The van der Waals surface area contributed by atoms with E-state index in [2.05, 4.69) is 96.2 Å². The van der Waals surface area contributed by atoms with Crippen LogP contribution >= 0.6 is 15.9 Å². The molecule has 27 heavy (non-hydrogen) atoms. The molecule has 3 nitrogen and oxygen atoms in total. The Bertz CT molecular complexity index is 744. The zero-order chi connectivity index (χ0) is 19.4. The number of nitrogens with zero attached hydrogens (tertiary/aromatic N) is 2. The Morgan fingerprint density at radius 3 is 2.04 bits per heavy atom. The highest BCUT2D eigenvalue weighted by atomic mass is 79.9. The number of piperazine rings is 1. The second kappa shape index (κ2) is 8.57. The number of amides is 1. The molecule has 0 unspecified atom stereocenters. The van der Waals surface area contributed by atoms with Crippen molar-refractivity contribution >= 4 is 21.8 Å². The zero-order valence-electron chi connectivity index (χ0n) is 16.5. The summed E-state index contributed by atoms with van der Waals surface area (Å²) in [6, 6.07) is 19.5. The Morgan fingerprint density at radius 1 is 0.926 bits per heavy atom. The standard InChI is InChI=1S/C23H29BrN2O/c1-23(2,3)17-21(27)25-13-15-26(16-14-25)22(18-7-5-4-6-8-18)19-9-11-20(24)12-10-19/h4-12,22H,13-17H2,1-3H3/t22-/m1/s1. The number of carbonyl (C=O) groups is 1. The summed E-state index contributed by atoms with van der Waals surface area (Å²) in [6.07, 6.45) is 0.613. The van der Waals surface area contributed by atoms with Crippen molar-refractivity contribution in [1.82, 2.24) is 9.80 Å². The fourth-order valence-electron chi connectivity index (χ4n) is 3.69. The van der Waals surface area contributed by atoms with E-state index in [0.717, 1.165) is 30.7 Å². The molecule has 1 fully saturated rings. The van der Waals surface area contributed by atoms with Gasteiger partial charge < -0.3 is 4.90 Å². The molecule has 1 aliphatic rings. The van der Waals surface area contributed by atoms with Crippen molar-refractivity contribution in [2.45, 2.75) is 33.2 Å². The average Bonchev–Trinajstić information content (AvgIpc) is 2.64. The summed E-state index contributed by atoms with van der Waals surface area (Å²) in [5, 5.41) is 0. The van der Waals surface area contributed by atoms with E-state index < -0.39 is 0 Å². The molecule has 0 aliphatic carbocycles. The van der Waals surface area contributed by atoms with Crippen LogP contribution < -0.4 is 0 Å². The molecule has 1 aliphatic heterocycles. The highest BCUT2D eigenvalue weighted by Gasteiger charge is 2.29. The van der Waals surface area contributed by atoms with E-state index in [1.54, 1.807) is 0 Å². The van der Waals surface area contributed by atoms with Crippen LogP contribution in [0.1, 0.15) is 44.4 Å². The zero-order valence-corrected chi connectivity index (χ0v) is 18.1. The average molecular weight is 429 g/mol. The first kappa shape index (κ1) is 20.1. The fraction of sp³-hybridized carbons (Fsp3) is 0.435. The second-order valence-electron chi connectivity index (χ2n) is 8.52. The molecule has 0 spiro atoms. The van der Waals surface area contributed by atoms with Crippen molar-refractivity contribution in [1.29, 1.82) is 0 Å². The smallest absolute Gasteiger partial charge is 0.223 e. The predicted octanol–water partition coefficient (Wildman–Crippen LogP) is 5.12. The van der Waals surface area contributed by atoms with E-state index in [0.29, 0.717) is 6.42 Å². The molecule has 4 heteroatoms. The summed E-state index contributed by atoms with van der Waals surface area (Å²) in [6.45, 7) is 9.76. The Balaban J connectivity index is 1.75. The number of hydrogen-bond acceptors (Lipinski definition) is 2. The Hall–Kier alpha value is -1.65. The molecule has 0 saturated carbocycles. The van der Waals surface area contributed by atoms with Gasteiger partial charge in [-0.05, 0) is 28.7 Å². The number of halogens is 1. The third-order valence-corrected chi connectivity index (χ3v) is 5.54. The van der Waals surface area contributed by atoms with Crippen LogP contribution in [0.25, 0.3) is 0 Å². The van der Waals surface area contributed by atoms with Crippen molar-refractivity contribution in [2.24, 2.45) is 5.41 Å². The van der Waals surface area contributed by atoms with Gasteiger partial charge in [0.25, 0.3) is 0 Å². The molecule has 2 aromatic rings. The molecule has 1 saturated heterocycles. The highest BCUT2D eigenvalue weighted by molar-refractivity contribution is 9.10. The third-order valence-electron chi connectivity index (χ3n) is 5.01. The van der Waals surface area contributed by atoms with E-state index in [4.69, 9.17) is 0 Å². The van der Waals surface area contributed by atoms with Gasteiger partial charge in [0, 0.05) is 37.1 Å². The number of benzene rings is 2. The van der Waals surface area contributed by atoms with Crippen LogP contribution in [0.4, 0.5) is 0 Å². The van der Waals surface area contributed by atoms with E-state index in [1.807, 2.05) is 4.90 Å². The molecule has 3 rings (SSSR count). The second-order valence-corrected chi connectivity index (χ2v) is 9.43. The minimum Gasteiger partial charge on any atom is -0.340 e. The minimum atomic E-state index is 0.0399. The molecule has 0 N–H and O–H groups in total. The van der Waals surface area contributed by atoms with Crippen molar-refractivity contribution in [3.8, 4) is 0 Å². The van der Waals surface area contributed by atoms with Crippen LogP contribution in [0, 0.1) is 5.41 Å². The predicted molar refractivity (Wildman–Crippen MR) is 115 cm³/mol. The van der Waals surface area contributed by atoms with Gasteiger partial charge in [0.2, 0.25) is 5.91 Å². The first-order valence-electron chi connectivity index (χ1n) is 9.66. The summed E-state index contributed by atoms with van der Waals surface area (Å²) >= 11 is 3.54. The maximum atomic E-state index is 12.6. The van der Waals surface area contributed by atoms with Gasteiger partial charge in [-0.2, -0.15) is 0 Å². The SMILES string of the molecule is CC(C)(C)CC(=O)N1CCN([C@H](c2ccccc2)c2ccc(Br)cc2)CC1. The molecular formula is C23H29BrN2O. The van der Waals surface area contributed by atoms with E-state index in [9.17, 15) is 4.79 Å². The minimum absolute atomic E-state index is 0.0399. The van der Waals surface area contributed by atoms with Crippen molar-refractivity contribution in [3.05, 3.63) is 70.2 Å². The normalized spacial score (nSPS) is 17.0. The molecule has 2 aromatic carbocycles. The van der Waals surface area contributed by atoms with Crippen LogP contribution in [0.15, 0.2) is 59.1 Å². The highest BCUT2D eigenvalue weighted by Crippen LogP contribution is 2.31. The Labute approximate surface area is 171 Å². The van der Waals surface area contributed by atoms with Gasteiger partial charge in [-0.3, -0.25) is 9.69 Å². The molecular weight excluding hydrogens is 400 g/mol. The third kappa shape index (κ3) is 5.43. The van der Waals surface area contributed by atoms with Gasteiger partial charge in [0.15, 0.2) is 0 Å². The summed E-state index contributed by atoms with van der Waals surface area (Å²) in [5.41, 5.74) is 2.63. The number of rotatable bonds is 4. The molecule has 1 heterocycles. The molecule has 0 bridgehead atoms. The van der Waals surface area contributed by atoms with Gasteiger partial charge in [-0.25, -0.2) is 0 Å². The van der Waals surface area contributed by atoms with Gasteiger partial charge in [0.05, 0.1) is 6.04 Å². The lowest BCUT2D eigenvalue weighted by Gasteiger charge is -2.40. The van der Waals surface area contributed by atoms with E-state index in [-0.39, 0.29) is 17.4 Å². The molecule has 1 amide bonds. The Morgan fingerprint density at radius 2 is 1.48 bits per heavy atom. The van der Waals surface area contributed by atoms with Crippen LogP contribution in [0.2, 0.25) is 0 Å². The first-order valence-corrected chi connectivity index (χ1v) is 10.4. The number of carbonyl (C=O) groups excluding carboxylic acids is 1. The molecule has 144 valence electrons.